The summed E-state index contributed by atoms with van der Waals surface area (Å²) in [4.78, 5) is 11.5. The summed E-state index contributed by atoms with van der Waals surface area (Å²) in [5.74, 6) is -0.931. The monoisotopic (exact) mass is 232 g/mol. The fourth-order valence-electron chi connectivity index (χ4n) is 1.76. The number of nitrogens with zero attached hydrogens (tertiary/aromatic N) is 2. The molecule has 0 aliphatic rings. The number of fused-ring (bicyclic) bond motifs is 1. The summed E-state index contributed by atoms with van der Waals surface area (Å²) in [7, 11) is 1.26. The Kier molecular flexibility index (Phi) is 2.79. The number of methoxy groups -OCH3 is 1. The van der Waals surface area contributed by atoms with Crippen LogP contribution >= 0.6 is 0 Å². The molecule has 0 spiro atoms. The van der Waals surface area contributed by atoms with Gasteiger partial charge >= 0.3 is 5.97 Å². The number of hydrogen-bond acceptors (Lipinski definition) is 3. The Hall–Kier alpha value is -2.35. The quantitative estimate of drug-likeness (QED) is 0.745. The number of carbonyl (C=O) groups excluding carboxylic acids is 1. The maximum absolute atomic E-state index is 13.1. The third-order valence-electron chi connectivity index (χ3n) is 2.49. The highest BCUT2D eigenvalue weighted by molar-refractivity contribution is 5.95. The van der Waals surface area contributed by atoms with E-state index < -0.39 is 5.97 Å². The minimum atomic E-state index is -0.545. The average molecular weight is 232 g/mol. The van der Waals surface area contributed by atoms with Crippen LogP contribution in [0, 0.1) is 17.1 Å². The third kappa shape index (κ3) is 1.85. The molecule has 17 heavy (non-hydrogen) atoms. The molecule has 0 bridgehead atoms. The van der Waals surface area contributed by atoms with Gasteiger partial charge in [0.05, 0.1) is 13.2 Å². The first-order valence-electron chi connectivity index (χ1n) is 4.91. The molecule has 5 heteroatoms. The fraction of sp³-hybridized carbons (Fsp3) is 0.167. The number of rotatable bonds is 2. The summed E-state index contributed by atoms with van der Waals surface area (Å²) >= 11 is 0. The number of aromatic nitrogens is 1. The molecule has 0 unspecified atom stereocenters. The van der Waals surface area contributed by atoms with Gasteiger partial charge in [0.1, 0.15) is 18.1 Å². The van der Waals surface area contributed by atoms with Crippen molar-refractivity contribution in [2.24, 2.45) is 0 Å². The number of esters is 1. The van der Waals surface area contributed by atoms with E-state index >= 15 is 0 Å². The van der Waals surface area contributed by atoms with Crippen LogP contribution < -0.4 is 0 Å². The Morgan fingerprint density at radius 3 is 2.94 bits per heavy atom. The molecule has 2 aromatic rings. The van der Waals surface area contributed by atoms with Crippen LogP contribution in [0.2, 0.25) is 0 Å². The summed E-state index contributed by atoms with van der Waals surface area (Å²) < 4.78 is 19.2. The van der Waals surface area contributed by atoms with Crippen molar-refractivity contribution < 1.29 is 13.9 Å². The van der Waals surface area contributed by atoms with E-state index in [0.717, 1.165) is 0 Å². The number of hydrogen-bond donors (Lipinski definition) is 0. The molecule has 0 saturated carbocycles. The van der Waals surface area contributed by atoms with Crippen molar-refractivity contribution in [1.29, 1.82) is 5.26 Å². The summed E-state index contributed by atoms with van der Waals surface area (Å²) in [6, 6.07) is 7.61. The molecule has 0 radical (unpaired) electrons. The van der Waals surface area contributed by atoms with E-state index in [-0.39, 0.29) is 18.1 Å². The summed E-state index contributed by atoms with van der Waals surface area (Å²) in [5, 5.41) is 9.30. The molecule has 1 heterocycles. The molecule has 1 aromatic heterocycles. The second-order valence-electron chi connectivity index (χ2n) is 3.47. The second kappa shape index (κ2) is 4.26. The van der Waals surface area contributed by atoms with E-state index in [1.807, 2.05) is 6.07 Å². The lowest BCUT2D eigenvalue weighted by molar-refractivity contribution is 0.0590. The van der Waals surface area contributed by atoms with Crippen LogP contribution in [-0.2, 0) is 11.3 Å². The highest BCUT2D eigenvalue weighted by Gasteiger charge is 2.15. The zero-order valence-electron chi connectivity index (χ0n) is 9.11. The molecule has 0 amide bonds. The van der Waals surface area contributed by atoms with E-state index in [2.05, 4.69) is 4.74 Å². The molecule has 0 aliphatic carbocycles. The third-order valence-corrected chi connectivity index (χ3v) is 2.49. The van der Waals surface area contributed by atoms with Crippen LogP contribution in [-0.4, -0.2) is 17.6 Å². The maximum Gasteiger partial charge on any atom is 0.354 e. The van der Waals surface area contributed by atoms with Crippen LogP contribution in [0.3, 0.4) is 0 Å². The molecule has 0 aliphatic heterocycles. The van der Waals surface area contributed by atoms with Crippen molar-refractivity contribution in [3.8, 4) is 6.07 Å². The van der Waals surface area contributed by atoms with Crippen molar-refractivity contribution >= 4 is 16.9 Å². The van der Waals surface area contributed by atoms with Crippen LogP contribution in [0.4, 0.5) is 4.39 Å². The largest absolute Gasteiger partial charge is 0.464 e. The molecule has 0 atom stereocenters. The minimum absolute atomic E-state index is 0.0135. The first-order valence-corrected chi connectivity index (χ1v) is 4.91. The summed E-state index contributed by atoms with van der Waals surface area (Å²) in [6.07, 6.45) is 0. The number of ether oxygens (including phenoxy) is 1. The second-order valence-corrected chi connectivity index (χ2v) is 3.47. The molecule has 0 N–H and O–H groups in total. The highest BCUT2D eigenvalue weighted by Crippen LogP contribution is 2.21. The van der Waals surface area contributed by atoms with Gasteiger partial charge in [-0.25, -0.2) is 9.18 Å². The zero-order chi connectivity index (χ0) is 12.4. The van der Waals surface area contributed by atoms with Gasteiger partial charge in [-0.1, -0.05) is 0 Å². The number of halogens is 1. The van der Waals surface area contributed by atoms with Crippen LogP contribution in [0.25, 0.3) is 10.9 Å². The van der Waals surface area contributed by atoms with E-state index in [4.69, 9.17) is 5.26 Å². The van der Waals surface area contributed by atoms with Crippen molar-refractivity contribution in [3.05, 3.63) is 35.8 Å². The zero-order valence-corrected chi connectivity index (χ0v) is 9.11. The average Bonchev–Trinajstić information content (AvgIpc) is 2.67. The van der Waals surface area contributed by atoms with Crippen molar-refractivity contribution in [2.45, 2.75) is 6.54 Å². The first-order chi connectivity index (χ1) is 8.17. The number of carbonyl (C=O) groups is 1. The molecule has 2 rings (SSSR count). The summed E-state index contributed by atoms with van der Waals surface area (Å²) in [6.45, 7) is 0.0135. The van der Waals surface area contributed by atoms with Gasteiger partial charge in [-0.05, 0) is 24.3 Å². The van der Waals surface area contributed by atoms with E-state index in [1.165, 1.54) is 35.9 Å². The predicted molar refractivity (Wildman–Crippen MR) is 58.8 cm³/mol. The van der Waals surface area contributed by atoms with Crippen LogP contribution in [0.15, 0.2) is 24.3 Å². The molecule has 86 valence electrons. The minimum Gasteiger partial charge on any atom is -0.464 e. The Morgan fingerprint density at radius 2 is 2.29 bits per heavy atom. The van der Waals surface area contributed by atoms with Gasteiger partial charge < -0.3 is 9.30 Å². The normalized spacial score (nSPS) is 10.2. The van der Waals surface area contributed by atoms with Gasteiger partial charge in [-0.15, -0.1) is 0 Å². The Labute approximate surface area is 96.8 Å². The number of nitriles is 1. The topological polar surface area (TPSA) is 55.0 Å². The van der Waals surface area contributed by atoms with E-state index in [1.54, 1.807) is 0 Å². The van der Waals surface area contributed by atoms with Crippen LogP contribution in [0.1, 0.15) is 10.5 Å². The van der Waals surface area contributed by atoms with Gasteiger partial charge in [0.2, 0.25) is 0 Å². The molecule has 0 fully saturated rings. The fourth-order valence-corrected chi connectivity index (χ4v) is 1.76. The summed E-state index contributed by atoms with van der Waals surface area (Å²) in [5.41, 5.74) is 0.878. The lowest BCUT2D eigenvalue weighted by atomic mass is 10.2. The van der Waals surface area contributed by atoms with E-state index in [9.17, 15) is 9.18 Å². The lowest BCUT2D eigenvalue weighted by Gasteiger charge is -2.04. The van der Waals surface area contributed by atoms with Crippen molar-refractivity contribution in [1.82, 2.24) is 4.57 Å². The van der Waals surface area contributed by atoms with Gasteiger partial charge in [0, 0.05) is 10.9 Å². The SMILES string of the molecule is COC(=O)c1cc2cc(F)ccc2n1CC#N. The van der Waals surface area contributed by atoms with Gasteiger partial charge in [0.25, 0.3) is 0 Å². The molecule has 1 aromatic carbocycles. The molecule has 0 saturated heterocycles. The van der Waals surface area contributed by atoms with Crippen molar-refractivity contribution in [3.63, 3.8) is 0 Å². The lowest BCUT2D eigenvalue weighted by Crippen LogP contribution is -2.09. The van der Waals surface area contributed by atoms with Crippen LogP contribution in [0.5, 0.6) is 0 Å². The van der Waals surface area contributed by atoms with Crippen molar-refractivity contribution in [2.75, 3.05) is 7.11 Å². The van der Waals surface area contributed by atoms with Gasteiger partial charge in [0.15, 0.2) is 0 Å². The predicted octanol–water partition coefficient (Wildman–Crippen LogP) is 2.09. The Morgan fingerprint density at radius 1 is 1.53 bits per heavy atom. The molecular weight excluding hydrogens is 223 g/mol. The molecular formula is C12H9FN2O2. The van der Waals surface area contributed by atoms with Gasteiger partial charge in [-0.2, -0.15) is 5.26 Å². The molecule has 4 nitrogen and oxygen atoms in total. The number of benzene rings is 1. The standard InChI is InChI=1S/C12H9FN2O2/c1-17-12(16)11-7-8-6-9(13)2-3-10(8)15(11)5-4-14/h2-3,6-7H,5H2,1H3. The Balaban J connectivity index is 2.70. The maximum atomic E-state index is 13.1. The highest BCUT2D eigenvalue weighted by atomic mass is 19.1. The smallest absolute Gasteiger partial charge is 0.354 e. The Bertz CT molecular complexity index is 625. The van der Waals surface area contributed by atoms with E-state index in [0.29, 0.717) is 10.9 Å². The van der Waals surface area contributed by atoms with Gasteiger partial charge in [-0.3, -0.25) is 0 Å². The first kappa shape index (κ1) is 11.1.